The maximum absolute atomic E-state index is 5.93. The van der Waals surface area contributed by atoms with Gasteiger partial charge in [-0.05, 0) is 19.4 Å². The summed E-state index contributed by atoms with van der Waals surface area (Å²) in [7, 11) is 1.70. The second kappa shape index (κ2) is 7.22. The third kappa shape index (κ3) is 3.21. The Labute approximate surface area is 127 Å². The van der Waals surface area contributed by atoms with Crippen molar-refractivity contribution in [3.05, 3.63) is 29.8 Å². The van der Waals surface area contributed by atoms with Crippen LogP contribution >= 0.6 is 0 Å². The second-order valence-electron chi connectivity index (χ2n) is 5.65. The summed E-state index contributed by atoms with van der Waals surface area (Å²) in [6, 6.07) is 8.06. The van der Waals surface area contributed by atoms with Crippen molar-refractivity contribution >= 4 is 0 Å². The van der Waals surface area contributed by atoms with Crippen LogP contribution in [0.2, 0.25) is 0 Å². The Morgan fingerprint density at radius 2 is 2.05 bits per heavy atom. The number of methoxy groups -OCH3 is 1. The predicted molar refractivity (Wildman–Crippen MR) is 84.1 cm³/mol. The van der Waals surface area contributed by atoms with Gasteiger partial charge in [0.15, 0.2) is 0 Å². The van der Waals surface area contributed by atoms with Gasteiger partial charge in [0.2, 0.25) is 0 Å². The number of para-hydroxylation sites is 1. The van der Waals surface area contributed by atoms with E-state index in [0.29, 0.717) is 0 Å². The van der Waals surface area contributed by atoms with E-state index in [2.05, 4.69) is 30.2 Å². The number of benzene rings is 1. The van der Waals surface area contributed by atoms with Crippen LogP contribution in [-0.4, -0.2) is 43.9 Å². The van der Waals surface area contributed by atoms with E-state index in [9.17, 15) is 0 Å². The van der Waals surface area contributed by atoms with Crippen molar-refractivity contribution in [3.8, 4) is 5.75 Å². The minimum absolute atomic E-state index is 0.00301. The van der Waals surface area contributed by atoms with Gasteiger partial charge in [-0.2, -0.15) is 0 Å². The third-order valence-corrected chi connectivity index (χ3v) is 4.69. The molecule has 3 N–H and O–H groups in total. The van der Waals surface area contributed by atoms with Gasteiger partial charge < -0.3 is 9.47 Å². The molecule has 0 aliphatic carbocycles. The van der Waals surface area contributed by atoms with Gasteiger partial charge in [-0.3, -0.25) is 16.2 Å². The molecule has 1 fully saturated rings. The van der Waals surface area contributed by atoms with Crippen LogP contribution in [0.25, 0.3) is 0 Å². The van der Waals surface area contributed by atoms with Crippen LogP contribution in [0, 0.1) is 0 Å². The number of hydrogen-bond donors (Lipinski definition) is 2. The molecule has 1 aliphatic heterocycles. The first-order valence-corrected chi connectivity index (χ1v) is 7.59. The van der Waals surface area contributed by atoms with Crippen molar-refractivity contribution in [2.75, 3.05) is 33.4 Å². The maximum atomic E-state index is 5.93. The lowest BCUT2D eigenvalue weighted by atomic mass is 9.82. The topological polar surface area (TPSA) is 59.8 Å². The minimum Gasteiger partial charge on any atom is -0.496 e. The van der Waals surface area contributed by atoms with Gasteiger partial charge in [0.25, 0.3) is 0 Å². The molecule has 0 saturated carbocycles. The first-order valence-electron chi connectivity index (χ1n) is 7.59. The Bertz CT molecular complexity index is 449. The highest BCUT2D eigenvalue weighted by atomic mass is 16.5. The van der Waals surface area contributed by atoms with E-state index in [4.69, 9.17) is 15.3 Å². The van der Waals surface area contributed by atoms with E-state index >= 15 is 0 Å². The van der Waals surface area contributed by atoms with Crippen LogP contribution in [0.4, 0.5) is 0 Å². The molecule has 1 aliphatic rings. The van der Waals surface area contributed by atoms with Crippen LogP contribution < -0.4 is 16.0 Å². The highest BCUT2D eigenvalue weighted by Crippen LogP contribution is 2.38. The molecule has 2 atom stereocenters. The van der Waals surface area contributed by atoms with E-state index in [0.717, 1.165) is 44.0 Å². The zero-order valence-electron chi connectivity index (χ0n) is 13.3. The van der Waals surface area contributed by atoms with E-state index in [1.807, 2.05) is 18.2 Å². The molecule has 0 spiro atoms. The fraction of sp³-hybridized carbons (Fsp3) is 0.625. The summed E-state index contributed by atoms with van der Waals surface area (Å²) in [5.74, 6) is 6.80. The van der Waals surface area contributed by atoms with E-state index in [-0.39, 0.29) is 11.6 Å². The monoisotopic (exact) mass is 293 g/mol. The number of nitrogens with one attached hydrogen (secondary N) is 1. The van der Waals surface area contributed by atoms with Crippen LogP contribution in [-0.2, 0) is 4.74 Å². The summed E-state index contributed by atoms with van der Waals surface area (Å²) in [6.45, 7) is 7.87. The molecule has 2 rings (SSSR count). The smallest absolute Gasteiger partial charge is 0.123 e. The lowest BCUT2D eigenvalue weighted by molar-refractivity contribution is -0.0332. The standard InChI is InChI=1S/C16H27N3O2/c1-4-16(2,19-9-11-21-12-10-19)15(18-17)13-7-5-6-8-14(13)20-3/h5-8,15,18H,4,9-12,17H2,1-3H3. The number of rotatable bonds is 6. The summed E-state index contributed by atoms with van der Waals surface area (Å²) in [4.78, 5) is 2.47. The zero-order chi connectivity index (χ0) is 15.3. The average Bonchev–Trinajstić information content (AvgIpc) is 2.56. The Hall–Kier alpha value is -1.14. The maximum Gasteiger partial charge on any atom is 0.123 e. The second-order valence-corrected chi connectivity index (χ2v) is 5.65. The molecule has 5 nitrogen and oxygen atoms in total. The number of hydrogen-bond acceptors (Lipinski definition) is 5. The molecule has 5 heteroatoms. The summed E-state index contributed by atoms with van der Waals surface area (Å²) in [5, 5.41) is 0. The minimum atomic E-state index is -0.0901. The molecule has 1 aromatic rings. The van der Waals surface area contributed by atoms with Crippen molar-refractivity contribution in [3.63, 3.8) is 0 Å². The van der Waals surface area contributed by atoms with Gasteiger partial charge in [0.05, 0.1) is 26.4 Å². The summed E-state index contributed by atoms with van der Waals surface area (Å²) >= 11 is 0. The molecule has 0 radical (unpaired) electrons. The van der Waals surface area contributed by atoms with Gasteiger partial charge in [0, 0.05) is 24.2 Å². The summed E-state index contributed by atoms with van der Waals surface area (Å²) < 4.78 is 11.0. The van der Waals surface area contributed by atoms with Crippen LogP contribution in [0.5, 0.6) is 5.75 Å². The molecule has 1 saturated heterocycles. The van der Waals surface area contributed by atoms with Gasteiger partial charge >= 0.3 is 0 Å². The Morgan fingerprint density at radius 3 is 2.62 bits per heavy atom. The average molecular weight is 293 g/mol. The SMILES string of the molecule is CCC(C)(C(NN)c1ccccc1OC)N1CCOCC1. The Morgan fingerprint density at radius 1 is 1.38 bits per heavy atom. The van der Waals surface area contributed by atoms with Crippen LogP contribution in [0.15, 0.2) is 24.3 Å². The van der Waals surface area contributed by atoms with Crippen molar-refractivity contribution in [1.29, 1.82) is 0 Å². The first-order chi connectivity index (χ1) is 10.2. The third-order valence-electron chi connectivity index (χ3n) is 4.69. The predicted octanol–water partition coefficient (Wildman–Crippen LogP) is 1.70. The highest BCUT2D eigenvalue weighted by molar-refractivity contribution is 5.37. The molecule has 21 heavy (non-hydrogen) atoms. The van der Waals surface area contributed by atoms with Gasteiger partial charge in [0.1, 0.15) is 5.75 Å². The molecule has 0 aromatic heterocycles. The number of nitrogens with zero attached hydrogens (tertiary/aromatic N) is 1. The van der Waals surface area contributed by atoms with Gasteiger partial charge in [-0.1, -0.05) is 25.1 Å². The highest BCUT2D eigenvalue weighted by Gasteiger charge is 2.40. The van der Waals surface area contributed by atoms with Crippen molar-refractivity contribution in [1.82, 2.24) is 10.3 Å². The molecule has 0 amide bonds. The molecule has 2 unspecified atom stereocenters. The number of morpholine rings is 1. The van der Waals surface area contributed by atoms with Crippen molar-refractivity contribution < 1.29 is 9.47 Å². The van der Waals surface area contributed by atoms with Crippen LogP contribution in [0.1, 0.15) is 31.9 Å². The van der Waals surface area contributed by atoms with Crippen molar-refractivity contribution in [2.24, 2.45) is 5.84 Å². The van der Waals surface area contributed by atoms with E-state index in [1.54, 1.807) is 7.11 Å². The molecular weight excluding hydrogens is 266 g/mol. The summed E-state index contributed by atoms with van der Waals surface area (Å²) in [6.07, 6.45) is 0.986. The van der Waals surface area contributed by atoms with Crippen LogP contribution in [0.3, 0.4) is 0 Å². The zero-order valence-corrected chi connectivity index (χ0v) is 13.3. The first kappa shape index (κ1) is 16.2. The van der Waals surface area contributed by atoms with Crippen molar-refractivity contribution in [2.45, 2.75) is 31.8 Å². The number of hydrazine groups is 1. The van der Waals surface area contributed by atoms with Gasteiger partial charge in [-0.15, -0.1) is 0 Å². The van der Waals surface area contributed by atoms with E-state index in [1.165, 1.54) is 0 Å². The lowest BCUT2D eigenvalue weighted by Gasteiger charge is -2.47. The number of nitrogens with two attached hydrogens (primary N) is 1. The largest absolute Gasteiger partial charge is 0.496 e. The summed E-state index contributed by atoms with van der Waals surface area (Å²) in [5.41, 5.74) is 4.02. The normalized spacial score (nSPS) is 20.8. The van der Waals surface area contributed by atoms with Gasteiger partial charge in [-0.25, -0.2) is 0 Å². The lowest BCUT2D eigenvalue weighted by Crippen LogP contribution is -2.58. The quantitative estimate of drug-likeness (QED) is 0.617. The Balaban J connectivity index is 2.36. The molecule has 118 valence electrons. The molecule has 0 bridgehead atoms. The van der Waals surface area contributed by atoms with E-state index < -0.39 is 0 Å². The fourth-order valence-corrected chi connectivity index (χ4v) is 3.19. The molecular formula is C16H27N3O2. The molecule has 1 heterocycles. The fourth-order valence-electron chi connectivity index (χ4n) is 3.19. The number of ether oxygens (including phenoxy) is 2. The Kier molecular flexibility index (Phi) is 5.58. The molecule has 1 aromatic carbocycles.